The van der Waals surface area contributed by atoms with Gasteiger partial charge in [-0.15, -0.1) is 0 Å². The number of anilines is 1. The summed E-state index contributed by atoms with van der Waals surface area (Å²) in [6.07, 6.45) is 0. The lowest BCUT2D eigenvalue weighted by Gasteiger charge is -2.17. The van der Waals surface area contributed by atoms with Gasteiger partial charge in [0.05, 0.1) is 11.0 Å². The van der Waals surface area contributed by atoms with Gasteiger partial charge in [0.15, 0.2) is 0 Å². The van der Waals surface area contributed by atoms with Crippen molar-refractivity contribution in [2.24, 2.45) is 0 Å². The molecule has 0 bridgehead atoms. The Hall–Kier alpha value is -3.41. The molecule has 26 heavy (non-hydrogen) atoms. The average molecular weight is 349 g/mol. The fourth-order valence-electron chi connectivity index (χ4n) is 3.02. The maximum absolute atomic E-state index is 12.6. The molecular formula is C20H19N3O3. The zero-order valence-electron chi connectivity index (χ0n) is 14.5. The van der Waals surface area contributed by atoms with Crippen LogP contribution in [0.3, 0.4) is 0 Å². The lowest BCUT2D eigenvalue weighted by Crippen LogP contribution is -2.26. The molecule has 0 fully saturated rings. The predicted octanol–water partition coefficient (Wildman–Crippen LogP) is 4.28. The monoisotopic (exact) mass is 349 g/mol. The third-order valence-corrected chi connectivity index (χ3v) is 4.36. The van der Waals surface area contributed by atoms with Crippen molar-refractivity contribution in [1.29, 1.82) is 0 Å². The Balaban J connectivity index is 1.87. The molecule has 3 aromatic rings. The van der Waals surface area contributed by atoms with E-state index < -0.39 is 4.92 Å². The summed E-state index contributed by atoms with van der Waals surface area (Å²) in [5.74, 6) is -0.351. The number of benzene rings is 3. The first-order chi connectivity index (χ1) is 12.5. The molecule has 0 aliphatic heterocycles. The largest absolute Gasteiger partial charge is 0.383 e. The van der Waals surface area contributed by atoms with Gasteiger partial charge in [-0.3, -0.25) is 14.9 Å². The second-order valence-electron chi connectivity index (χ2n) is 6.00. The number of rotatable bonds is 5. The molecule has 1 atom stereocenters. The van der Waals surface area contributed by atoms with E-state index in [1.807, 2.05) is 49.4 Å². The molecule has 1 amide bonds. The van der Waals surface area contributed by atoms with Gasteiger partial charge in [-0.1, -0.05) is 42.5 Å². The third-order valence-electron chi connectivity index (χ3n) is 4.36. The Bertz CT molecular complexity index is 980. The van der Waals surface area contributed by atoms with E-state index in [1.54, 1.807) is 13.1 Å². The van der Waals surface area contributed by atoms with Crippen LogP contribution in [0.1, 0.15) is 28.9 Å². The van der Waals surface area contributed by atoms with Crippen LogP contribution >= 0.6 is 0 Å². The van der Waals surface area contributed by atoms with Crippen molar-refractivity contribution in [2.75, 3.05) is 12.4 Å². The van der Waals surface area contributed by atoms with Gasteiger partial charge in [-0.2, -0.15) is 0 Å². The summed E-state index contributed by atoms with van der Waals surface area (Å²) in [5.41, 5.74) is 1.49. The highest BCUT2D eigenvalue weighted by atomic mass is 16.6. The molecule has 0 saturated carbocycles. The first-order valence-corrected chi connectivity index (χ1v) is 8.26. The van der Waals surface area contributed by atoms with Gasteiger partial charge in [0, 0.05) is 18.7 Å². The van der Waals surface area contributed by atoms with Crippen molar-refractivity contribution in [3.63, 3.8) is 0 Å². The number of carbonyl (C=O) groups is 1. The van der Waals surface area contributed by atoms with Crippen molar-refractivity contribution < 1.29 is 9.72 Å². The van der Waals surface area contributed by atoms with Crippen LogP contribution in [0, 0.1) is 10.1 Å². The van der Waals surface area contributed by atoms with E-state index in [9.17, 15) is 14.9 Å². The van der Waals surface area contributed by atoms with Crippen molar-refractivity contribution in [3.05, 3.63) is 81.9 Å². The van der Waals surface area contributed by atoms with Crippen LogP contribution in [-0.4, -0.2) is 17.9 Å². The lowest BCUT2D eigenvalue weighted by molar-refractivity contribution is -0.384. The average Bonchev–Trinajstić information content (AvgIpc) is 2.66. The minimum Gasteiger partial charge on any atom is -0.383 e. The van der Waals surface area contributed by atoms with Crippen molar-refractivity contribution in [1.82, 2.24) is 5.32 Å². The minimum atomic E-state index is -0.503. The molecule has 6 nitrogen and oxygen atoms in total. The van der Waals surface area contributed by atoms with Crippen LogP contribution in [0.5, 0.6) is 0 Å². The molecule has 0 spiro atoms. The van der Waals surface area contributed by atoms with Crippen molar-refractivity contribution in [2.45, 2.75) is 13.0 Å². The fraction of sp³-hybridized carbons (Fsp3) is 0.150. The summed E-state index contributed by atoms with van der Waals surface area (Å²) in [6, 6.07) is 18.1. The number of nitro groups is 1. The molecule has 2 N–H and O–H groups in total. The normalized spacial score (nSPS) is 11.8. The van der Waals surface area contributed by atoms with E-state index in [2.05, 4.69) is 10.6 Å². The molecule has 0 heterocycles. The zero-order valence-corrected chi connectivity index (χ0v) is 14.5. The number of carbonyl (C=O) groups excluding carboxylic acids is 1. The lowest BCUT2D eigenvalue weighted by atomic mass is 9.99. The Morgan fingerprint density at radius 2 is 1.81 bits per heavy atom. The van der Waals surface area contributed by atoms with Gasteiger partial charge in [0.2, 0.25) is 0 Å². The summed E-state index contributed by atoms with van der Waals surface area (Å²) in [6.45, 7) is 1.90. The number of hydrogen-bond donors (Lipinski definition) is 2. The number of hydrogen-bond acceptors (Lipinski definition) is 4. The molecule has 6 heteroatoms. The smallest absolute Gasteiger partial charge is 0.293 e. The summed E-state index contributed by atoms with van der Waals surface area (Å²) in [4.78, 5) is 23.3. The van der Waals surface area contributed by atoms with E-state index in [1.165, 1.54) is 12.1 Å². The molecule has 132 valence electrons. The van der Waals surface area contributed by atoms with Crippen LogP contribution in [-0.2, 0) is 0 Å². The van der Waals surface area contributed by atoms with E-state index >= 15 is 0 Å². The Labute approximate surface area is 151 Å². The predicted molar refractivity (Wildman–Crippen MR) is 102 cm³/mol. The molecular weight excluding hydrogens is 330 g/mol. The van der Waals surface area contributed by atoms with Crippen LogP contribution in [0.25, 0.3) is 10.8 Å². The SMILES string of the molecule is CNc1ccc(C(=O)NC(C)c2cccc3ccccc23)cc1[N+](=O)[O-]. The summed E-state index contributed by atoms with van der Waals surface area (Å²) >= 11 is 0. The first-order valence-electron chi connectivity index (χ1n) is 8.26. The van der Waals surface area contributed by atoms with Crippen LogP contribution in [0.4, 0.5) is 11.4 Å². The number of nitrogens with zero attached hydrogens (tertiary/aromatic N) is 1. The second kappa shape index (κ2) is 7.23. The maximum atomic E-state index is 12.6. The van der Waals surface area contributed by atoms with Gasteiger partial charge >= 0.3 is 0 Å². The van der Waals surface area contributed by atoms with Gasteiger partial charge in [-0.25, -0.2) is 0 Å². The molecule has 3 rings (SSSR count). The number of nitro benzene ring substituents is 1. The highest BCUT2D eigenvalue weighted by molar-refractivity contribution is 5.96. The van der Waals surface area contributed by atoms with E-state index in [4.69, 9.17) is 0 Å². The molecule has 0 aromatic heterocycles. The first kappa shape index (κ1) is 17.4. The Kier molecular flexibility index (Phi) is 4.84. The molecule has 0 radical (unpaired) electrons. The standard InChI is InChI=1S/C20H19N3O3/c1-13(16-9-5-7-14-6-3-4-8-17(14)16)22-20(24)15-10-11-18(21-2)19(12-15)23(25)26/h3-13,21H,1-2H3,(H,22,24). The van der Waals surface area contributed by atoms with Crippen molar-refractivity contribution in [3.8, 4) is 0 Å². The quantitative estimate of drug-likeness (QED) is 0.532. The molecule has 0 saturated heterocycles. The summed E-state index contributed by atoms with van der Waals surface area (Å²) in [5, 5.41) is 19.0. The van der Waals surface area contributed by atoms with Gasteiger partial charge in [-0.05, 0) is 35.4 Å². The van der Waals surface area contributed by atoms with E-state index in [0.717, 1.165) is 16.3 Å². The molecule has 0 aliphatic rings. The van der Waals surface area contributed by atoms with Crippen molar-refractivity contribution >= 4 is 28.1 Å². The van der Waals surface area contributed by atoms with E-state index in [-0.39, 0.29) is 23.2 Å². The molecule has 0 aliphatic carbocycles. The van der Waals surface area contributed by atoms with Gasteiger partial charge < -0.3 is 10.6 Å². The van der Waals surface area contributed by atoms with Gasteiger partial charge in [0.1, 0.15) is 5.69 Å². The van der Waals surface area contributed by atoms with Crippen LogP contribution in [0.15, 0.2) is 60.7 Å². The highest BCUT2D eigenvalue weighted by Gasteiger charge is 2.19. The van der Waals surface area contributed by atoms with Crippen LogP contribution < -0.4 is 10.6 Å². The third kappa shape index (κ3) is 3.35. The Morgan fingerprint density at radius 1 is 1.08 bits per heavy atom. The van der Waals surface area contributed by atoms with Crippen LogP contribution in [0.2, 0.25) is 0 Å². The van der Waals surface area contributed by atoms with E-state index in [0.29, 0.717) is 5.69 Å². The Morgan fingerprint density at radius 3 is 2.54 bits per heavy atom. The number of fused-ring (bicyclic) bond motifs is 1. The topological polar surface area (TPSA) is 84.3 Å². The summed E-state index contributed by atoms with van der Waals surface area (Å²) < 4.78 is 0. The summed E-state index contributed by atoms with van der Waals surface area (Å²) in [7, 11) is 1.60. The highest BCUT2D eigenvalue weighted by Crippen LogP contribution is 2.27. The van der Waals surface area contributed by atoms with Gasteiger partial charge in [0.25, 0.3) is 11.6 Å². The fourth-order valence-corrected chi connectivity index (χ4v) is 3.02. The maximum Gasteiger partial charge on any atom is 0.293 e. The minimum absolute atomic E-state index is 0.127. The number of amides is 1. The number of nitrogens with one attached hydrogen (secondary N) is 2. The molecule has 3 aromatic carbocycles. The molecule has 1 unspecified atom stereocenters. The second-order valence-corrected chi connectivity index (χ2v) is 6.00. The zero-order chi connectivity index (χ0) is 18.7.